The molecule has 126 valence electrons. The monoisotopic (exact) mass is 328 g/mol. The average Bonchev–Trinajstić information content (AvgIpc) is 2.56. The topological polar surface area (TPSA) is 46.2 Å². The van der Waals surface area contributed by atoms with Gasteiger partial charge in [-0.1, -0.05) is 19.1 Å². The molecule has 0 spiro atoms. The molecular weight excluding hydrogens is 300 g/mol. The van der Waals surface area contributed by atoms with Crippen molar-refractivity contribution in [3.8, 4) is 5.75 Å². The zero-order valence-corrected chi connectivity index (χ0v) is 15.3. The van der Waals surface area contributed by atoms with Crippen LogP contribution < -0.4 is 4.74 Å². The number of rotatable bonds is 11. The van der Waals surface area contributed by atoms with Gasteiger partial charge in [-0.05, 0) is 37.5 Å². The zero-order valence-electron chi connectivity index (χ0n) is 14.3. The Balaban J connectivity index is 2.51. The summed E-state index contributed by atoms with van der Waals surface area (Å²) < 4.78 is 27.5. The third kappa shape index (κ3) is 6.06. The summed E-state index contributed by atoms with van der Waals surface area (Å²) in [5, 5.41) is 0. The Kier molecular flexibility index (Phi) is 8.66. The molecule has 0 aliphatic heterocycles. The fourth-order valence-electron chi connectivity index (χ4n) is 2.10. The van der Waals surface area contributed by atoms with Gasteiger partial charge in [0.05, 0.1) is 6.61 Å². The molecule has 0 fully saturated rings. The van der Waals surface area contributed by atoms with E-state index in [0.29, 0.717) is 6.61 Å². The molecule has 0 aromatic heterocycles. The van der Waals surface area contributed by atoms with Crippen LogP contribution in [0.3, 0.4) is 0 Å². The second-order valence-corrected chi connectivity index (χ2v) is 8.09. The summed E-state index contributed by atoms with van der Waals surface area (Å²) in [4.78, 5) is 0. The minimum absolute atomic E-state index is 0.235. The van der Waals surface area contributed by atoms with Crippen LogP contribution in [0.2, 0.25) is 6.04 Å². The lowest BCUT2D eigenvalue weighted by molar-refractivity contribution is -0.0663. The molecular formula is C16H28O5Si. The molecule has 0 saturated carbocycles. The minimum Gasteiger partial charge on any atom is -0.465 e. The van der Waals surface area contributed by atoms with Gasteiger partial charge in [-0.15, -0.1) is 0 Å². The van der Waals surface area contributed by atoms with Crippen LogP contribution >= 0.6 is 0 Å². The summed E-state index contributed by atoms with van der Waals surface area (Å²) in [5.41, 5.74) is 1.19. The van der Waals surface area contributed by atoms with Crippen LogP contribution in [0.1, 0.15) is 25.8 Å². The van der Waals surface area contributed by atoms with Gasteiger partial charge >= 0.3 is 8.80 Å². The van der Waals surface area contributed by atoms with E-state index in [1.54, 1.807) is 21.3 Å². The van der Waals surface area contributed by atoms with E-state index < -0.39 is 8.80 Å². The normalized spacial score (nSPS) is 13.1. The van der Waals surface area contributed by atoms with Gasteiger partial charge in [-0.3, -0.25) is 0 Å². The molecule has 1 aromatic carbocycles. The maximum absolute atomic E-state index is 5.69. The van der Waals surface area contributed by atoms with Crippen LogP contribution in [0.4, 0.5) is 0 Å². The molecule has 1 rings (SSSR count). The first-order valence-corrected chi connectivity index (χ1v) is 9.55. The molecule has 0 heterocycles. The molecule has 1 unspecified atom stereocenters. The lowest BCUT2D eigenvalue weighted by Crippen LogP contribution is -2.43. The molecule has 0 amide bonds. The van der Waals surface area contributed by atoms with Crippen molar-refractivity contribution in [3.05, 3.63) is 29.8 Å². The predicted molar refractivity (Wildman–Crippen MR) is 88.1 cm³/mol. The third-order valence-electron chi connectivity index (χ3n) is 3.43. The van der Waals surface area contributed by atoms with Crippen LogP contribution in [-0.2, 0) is 24.4 Å². The van der Waals surface area contributed by atoms with Crippen LogP contribution in [0.5, 0.6) is 5.75 Å². The van der Waals surface area contributed by atoms with E-state index in [-0.39, 0.29) is 6.29 Å². The van der Waals surface area contributed by atoms with Crippen molar-refractivity contribution in [2.24, 2.45) is 0 Å². The van der Waals surface area contributed by atoms with Crippen molar-refractivity contribution in [1.82, 2.24) is 0 Å². The third-order valence-corrected chi connectivity index (χ3v) is 6.16. The van der Waals surface area contributed by atoms with E-state index in [1.807, 2.05) is 31.2 Å². The lowest BCUT2D eigenvalue weighted by Gasteiger charge is -2.24. The first kappa shape index (κ1) is 19.1. The SMILES string of the molecule is CCCOC(C)Oc1ccc(CC[Si](OC)(OC)OC)cc1. The summed E-state index contributed by atoms with van der Waals surface area (Å²) in [5.74, 6) is 0.807. The highest BCUT2D eigenvalue weighted by Gasteiger charge is 2.37. The van der Waals surface area contributed by atoms with E-state index in [9.17, 15) is 0 Å². The Morgan fingerprint density at radius 1 is 1.00 bits per heavy atom. The summed E-state index contributed by atoms with van der Waals surface area (Å²) >= 11 is 0. The molecule has 1 aromatic rings. The van der Waals surface area contributed by atoms with E-state index in [4.69, 9.17) is 22.8 Å². The highest BCUT2D eigenvalue weighted by atomic mass is 28.4. The fraction of sp³-hybridized carbons (Fsp3) is 0.625. The molecule has 0 bridgehead atoms. The van der Waals surface area contributed by atoms with Gasteiger partial charge in [-0.25, -0.2) is 0 Å². The van der Waals surface area contributed by atoms with Crippen molar-refractivity contribution in [1.29, 1.82) is 0 Å². The second kappa shape index (κ2) is 9.97. The fourth-order valence-corrected chi connectivity index (χ4v) is 3.81. The van der Waals surface area contributed by atoms with Crippen molar-refractivity contribution < 1.29 is 22.8 Å². The van der Waals surface area contributed by atoms with Gasteiger partial charge < -0.3 is 22.8 Å². The molecule has 6 heteroatoms. The molecule has 0 aliphatic carbocycles. The summed E-state index contributed by atoms with van der Waals surface area (Å²) in [6.45, 7) is 4.68. The number of ether oxygens (including phenoxy) is 2. The van der Waals surface area contributed by atoms with Crippen molar-refractivity contribution >= 4 is 8.80 Å². The molecule has 0 saturated heterocycles. The molecule has 0 N–H and O–H groups in total. The molecule has 0 aliphatic rings. The Bertz CT molecular complexity index is 397. The van der Waals surface area contributed by atoms with E-state index in [0.717, 1.165) is 24.6 Å². The average molecular weight is 328 g/mol. The first-order chi connectivity index (χ1) is 10.6. The van der Waals surface area contributed by atoms with Crippen molar-refractivity contribution in [3.63, 3.8) is 0 Å². The largest absolute Gasteiger partial charge is 0.500 e. The maximum atomic E-state index is 5.69. The maximum Gasteiger partial charge on any atom is 0.500 e. The molecule has 1 atom stereocenters. The lowest BCUT2D eigenvalue weighted by atomic mass is 10.2. The van der Waals surface area contributed by atoms with Crippen LogP contribution in [0, 0.1) is 0 Å². The van der Waals surface area contributed by atoms with Gasteiger partial charge in [0.2, 0.25) is 0 Å². The number of benzene rings is 1. The Morgan fingerprint density at radius 2 is 1.59 bits per heavy atom. The number of hydrogen-bond acceptors (Lipinski definition) is 5. The summed E-state index contributed by atoms with van der Waals surface area (Å²) in [7, 11) is 2.39. The van der Waals surface area contributed by atoms with Crippen molar-refractivity contribution in [2.45, 2.75) is 39.0 Å². The van der Waals surface area contributed by atoms with Gasteiger partial charge in [0.1, 0.15) is 5.75 Å². The Labute approximate surface area is 134 Å². The summed E-state index contributed by atoms with van der Waals surface area (Å²) in [6.07, 6.45) is 1.59. The number of hydrogen-bond donors (Lipinski definition) is 0. The van der Waals surface area contributed by atoms with E-state index >= 15 is 0 Å². The van der Waals surface area contributed by atoms with Gasteiger partial charge in [0.15, 0.2) is 6.29 Å². The van der Waals surface area contributed by atoms with Gasteiger partial charge in [0.25, 0.3) is 0 Å². The van der Waals surface area contributed by atoms with Gasteiger partial charge in [-0.2, -0.15) is 0 Å². The quantitative estimate of drug-likeness (QED) is 0.461. The highest BCUT2D eigenvalue weighted by Crippen LogP contribution is 2.19. The second-order valence-electron chi connectivity index (χ2n) is 5.00. The summed E-state index contributed by atoms with van der Waals surface area (Å²) in [6, 6.07) is 8.74. The van der Waals surface area contributed by atoms with Crippen LogP contribution in [0.15, 0.2) is 24.3 Å². The Hall–Kier alpha value is -0.923. The van der Waals surface area contributed by atoms with Crippen LogP contribution in [-0.4, -0.2) is 43.0 Å². The zero-order chi connectivity index (χ0) is 16.4. The minimum atomic E-state index is -2.51. The van der Waals surface area contributed by atoms with Gasteiger partial charge in [0, 0.05) is 27.4 Å². The predicted octanol–water partition coefficient (Wildman–Crippen LogP) is 3.26. The van der Waals surface area contributed by atoms with E-state index in [1.165, 1.54) is 5.56 Å². The standard InChI is InChI=1S/C16H28O5Si/c1-6-12-20-14(2)21-16-9-7-15(8-10-16)11-13-22(17-3,18-4)19-5/h7-10,14H,6,11-13H2,1-5H3. The van der Waals surface area contributed by atoms with E-state index in [2.05, 4.69) is 6.92 Å². The molecule has 5 nitrogen and oxygen atoms in total. The smallest absolute Gasteiger partial charge is 0.465 e. The molecule has 22 heavy (non-hydrogen) atoms. The number of aryl methyl sites for hydroxylation is 1. The highest BCUT2D eigenvalue weighted by molar-refractivity contribution is 6.60. The van der Waals surface area contributed by atoms with Crippen molar-refractivity contribution in [2.75, 3.05) is 27.9 Å². The molecule has 0 radical (unpaired) electrons. The Morgan fingerprint density at radius 3 is 2.09 bits per heavy atom. The first-order valence-electron chi connectivity index (χ1n) is 7.61. The van der Waals surface area contributed by atoms with Crippen LogP contribution in [0.25, 0.3) is 0 Å².